The normalized spacial score (nSPS) is 15.9. The zero-order chi connectivity index (χ0) is 11.1. The van der Waals surface area contributed by atoms with Crippen LogP contribution in [0.3, 0.4) is 0 Å². The summed E-state index contributed by atoms with van der Waals surface area (Å²) in [5.41, 5.74) is 0. The van der Waals surface area contributed by atoms with Gasteiger partial charge in [0.2, 0.25) is 6.10 Å². The first kappa shape index (κ1) is 16.9. The minimum absolute atomic E-state index is 0. The fourth-order valence-electron chi connectivity index (χ4n) is 0.327. The molecule has 0 aliphatic heterocycles. The van der Waals surface area contributed by atoms with Gasteiger partial charge in [0.15, 0.2) is 10.1 Å². The summed E-state index contributed by atoms with van der Waals surface area (Å²) in [6.07, 6.45) is -10.4. The average molecular weight is 252 g/mol. The third-order valence-electron chi connectivity index (χ3n) is 0.962. The van der Waals surface area contributed by atoms with E-state index in [0.29, 0.717) is 0 Å². The Labute approximate surface area is 97.1 Å². The summed E-state index contributed by atoms with van der Waals surface area (Å²) in [4.78, 5) is 0. The molecule has 0 fully saturated rings. The molecule has 14 heavy (non-hydrogen) atoms. The number of alkyl halides is 5. The van der Waals surface area contributed by atoms with Gasteiger partial charge in [0.25, 0.3) is 0 Å². The van der Waals surface area contributed by atoms with Crippen molar-refractivity contribution in [1.82, 2.24) is 0 Å². The third kappa shape index (κ3) is 3.59. The zero-order valence-corrected chi connectivity index (χ0v) is 9.36. The van der Waals surface area contributed by atoms with Crippen LogP contribution in [0.25, 0.3) is 0 Å². The van der Waals surface area contributed by atoms with Gasteiger partial charge < -0.3 is 9.66 Å². The van der Waals surface area contributed by atoms with Crippen LogP contribution in [0, 0.1) is 0 Å². The van der Waals surface area contributed by atoms with E-state index in [0.717, 1.165) is 0 Å². The van der Waals surface area contributed by atoms with Crippen LogP contribution in [-0.2, 0) is 10.1 Å². The van der Waals surface area contributed by atoms with Gasteiger partial charge in [-0.15, -0.1) is 0 Å². The Kier molecular flexibility index (Phi) is 5.53. The fourth-order valence-corrected chi connectivity index (χ4v) is 0.734. The second kappa shape index (κ2) is 4.58. The Balaban J connectivity index is 0. The van der Waals surface area contributed by atoms with E-state index in [4.69, 9.17) is 5.11 Å². The van der Waals surface area contributed by atoms with E-state index in [9.17, 15) is 34.9 Å². The molecule has 0 aromatic rings. The summed E-state index contributed by atoms with van der Waals surface area (Å²) in [6, 6.07) is 0. The number of rotatable bonds is 2. The van der Waals surface area contributed by atoms with E-state index in [1.807, 2.05) is 0 Å². The fraction of sp³-hybridized carbons (Fsp3) is 1.00. The predicted octanol–water partition coefficient (Wildman–Crippen LogP) is -2.95. The van der Waals surface area contributed by atoms with Crippen LogP contribution in [0.2, 0.25) is 0 Å². The molecule has 80 valence electrons. The first-order valence-electron chi connectivity index (χ1n) is 2.48. The minimum atomic E-state index is -6.54. The van der Waals surface area contributed by atoms with Gasteiger partial charge in [-0.2, -0.15) is 22.0 Å². The van der Waals surface area contributed by atoms with Crippen molar-refractivity contribution in [1.29, 1.82) is 0 Å². The summed E-state index contributed by atoms with van der Waals surface area (Å²) >= 11 is 0. The van der Waals surface area contributed by atoms with Crippen LogP contribution in [0.5, 0.6) is 0 Å². The molecule has 0 aromatic heterocycles. The van der Waals surface area contributed by atoms with Crippen LogP contribution < -0.4 is 29.6 Å². The van der Waals surface area contributed by atoms with Gasteiger partial charge in [-0.25, -0.2) is 8.42 Å². The van der Waals surface area contributed by atoms with E-state index >= 15 is 0 Å². The van der Waals surface area contributed by atoms with Gasteiger partial charge in [-0.05, 0) is 0 Å². The molecule has 1 unspecified atom stereocenters. The van der Waals surface area contributed by atoms with E-state index in [-0.39, 0.29) is 29.6 Å². The molecular weight excluding hydrogens is 250 g/mol. The molecule has 1 atom stereocenters. The monoisotopic (exact) mass is 252 g/mol. The molecule has 0 amide bonds. The second-order valence-corrected chi connectivity index (χ2v) is 3.41. The van der Waals surface area contributed by atoms with Crippen molar-refractivity contribution in [2.24, 2.45) is 0 Å². The quantitative estimate of drug-likeness (QED) is 0.324. The number of aliphatic hydroxyl groups excluding tert-OH is 1. The number of halogens is 5. The largest absolute Gasteiger partial charge is 1.00 e. The van der Waals surface area contributed by atoms with Crippen molar-refractivity contribution in [3.63, 3.8) is 0 Å². The molecule has 0 aliphatic carbocycles. The van der Waals surface area contributed by atoms with E-state index < -0.39 is 27.7 Å². The summed E-state index contributed by atoms with van der Waals surface area (Å²) in [5.74, 6) is 0. The van der Waals surface area contributed by atoms with Gasteiger partial charge in [0.1, 0.15) is 0 Å². The summed E-state index contributed by atoms with van der Waals surface area (Å²) in [6.45, 7) is 0. The van der Waals surface area contributed by atoms with E-state index in [1.165, 1.54) is 0 Å². The Hall–Kier alpha value is 0.520. The summed E-state index contributed by atoms with van der Waals surface area (Å²) in [7, 11) is -6.54. The molecule has 0 saturated carbocycles. The van der Waals surface area contributed by atoms with Crippen molar-refractivity contribution < 1.29 is 69.6 Å². The van der Waals surface area contributed by atoms with Crippen LogP contribution in [0.15, 0.2) is 0 Å². The van der Waals surface area contributed by atoms with Crippen LogP contribution in [-0.4, -0.2) is 35.6 Å². The number of hydrogen-bond donors (Lipinski definition) is 1. The molecular formula is C3H2F5NaO4S. The van der Waals surface area contributed by atoms with Crippen molar-refractivity contribution in [2.75, 3.05) is 0 Å². The Bertz CT molecular complexity index is 284. The molecule has 0 radical (unpaired) electrons. The molecule has 11 heteroatoms. The predicted molar refractivity (Wildman–Crippen MR) is 26.7 cm³/mol. The van der Waals surface area contributed by atoms with Crippen molar-refractivity contribution in [3.05, 3.63) is 0 Å². The van der Waals surface area contributed by atoms with Gasteiger partial charge in [-0.3, -0.25) is 0 Å². The molecule has 0 aromatic carbocycles. The Morgan fingerprint density at radius 2 is 1.43 bits per heavy atom. The van der Waals surface area contributed by atoms with Crippen molar-refractivity contribution in [2.45, 2.75) is 17.5 Å². The summed E-state index contributed by atoms with van der Waals surface area (Å²) in [5, 5.41) is 2.02. The Morgan fingerprint density at radius 3 is 1.50 bits per heavy atom. The maximum atomic E-state index is 11.9. The van der Waals surface area contributed by atoms with Crippen LogP contribution in [0.1, 0.15) is 0 Å². The smallest absolute Gasteiger partial charge is 0.743 e. The molecule has 0 bridgehead atoms. The SMILES string of the molecule is O=S(=O)([O-])C(F)(F)C(O)C(F)(F)F.[Na+]. The maximum Gasteiger partial charge on any atom is 1.00 e. The summed E-state index contributed by atoms with van der Waals surface area (Å²) < 4.78 is 86.7. The molecule has 4 nitrogen and oxygen atoms in total. The molecule has 0 heterocycles. The van der Waals surface area contributed by atoms with Gasteiger partial charge in [0.05, 0.1) is 0 Å². The van der Waals surface area contributed by atoms with Crippen LogP contribution >= 0.6 is 0 Å². The van der Waals surface area contributed by atoms with E-state index in [2.05, 4.69) is 0 Å². The van der Waals surface area contributed by atoms with E-state index in [1.54, 1.807) is 0 Å². The number of hydrogen-bond acceptors (Lipinski definition) is 4. The first-order valence-corrected chi connectivity index (χ1v) is 3.89. The average Bonchev–Trinajstić information content (AvgIpc) is 1.81. The topological polar surface area (TPSA) is 77.4 Å². The van der Waals surface area contributed by atoms with Gasteiger partial charge in [0, 0.05) is 0 Å². The number of aliphatic hydroxyl groups is 1. The van der Waals surface area contributed by atoms with Gasteiger partial charge in [-0.1, -0.05) is 0 Å². The molecule has 0 saturated heterocycles. The van der Waals surface area contributed by atoms with Crippen LogP contribution in [0.4, 0.5) is 22.0 Å². The molecule has 0 aliphatic rings. The molecule has 0 spiro atoms. The molecule has 1 N–H and O–H groups in total. The zero-order valence-electron chi connectivity index (χ0n) is 6.55. The third-order valence-corrected chi connectivity index (χ3v) is 1.85. The standard InChI is InChI=1S/C3H3F5O4S.Na/c4-2(5,6)1(9)3(7,8)13(10,11)12;/h1,9H,(H,10,11,12);/q;+1/p-1. The Morgan fingerprint density at radius 1 is 1.14 bits per heavy atom. The first-order chi connectivity index (χ1) is 5.40. The molecule has 0 rings (SSSR count). The van der Waals surface area contributed by atoms with Crippen molar-refractivity contribution in [3.8, 4) is 0 Å². The maximum absolute atomic E-state index is 11.9. The second-order valence-electron chi connectivity index (χ2n) is 1.96. The van der Waals surface area contributed by atoms with Crippen molar-refractivity contribution >= 4 is 10.1 Å². The van der Waals surface area contributed by atoms with Gasteiger partial charge >= 0.3 is 41.0 Å². The minimum Gasteiger partial charge on any atom is -0.743 e.